The van der Waals surface area contributed by atoms with Crippen LogP contribution in [0.5, 0.6) is 0 Å². The van der Waals surface area contributed by atoms with Gasteiger partial charge in [0.2, 0.25) is 0 Å². The van der Waals surface area contributed by atoms with Crippen LogP contribution in [0, 0.1) is 5.82 Å². The van der Waals surface area contributed by atoms with Crippen LogP contribution in [0.2, 0.25) is 0 Å². The van der Waals surface area contributed by atoms with Crippen molar-refractivity contribution in [1.29, 1.82) is 0 Å². The highest BCUT2D eigenvalue weighted by Crippen LogP contribution is 2.18. The zero-order chi connectivity index (χ0) is 11.8. The van der Waals surface area contributed by atoms with Gasteiger partial charge in [-0.2, -0.15) is 0 Å². The second-order valence-corrected chi connectivity index (χ2v) is 4.45. The summed E-state index contributed by atoms with van der Waals surface area (Å²) in [5, 5.41) is 6.47. The fourth-order valence-electron chi connectivity index (χ4n) is 1.42. The molecule has 0 saturated carbocycles. The van der Waals surface area contributed by atoms with E-state index in [2.05, 4.69) is 33.5 Å². The summed E-state index contributed by atoms with van der Waals surface area (Å²) in [5.74, 6) is -0.165. The van der Waals surface area contributed by atoms with Gasteiger partial charge in [-0.05, 0) is 48.1 Å². The molecule has 0 aliphatic rings. The van der Waals surface area contributed by atoms with Gasteiger partial charge >= 0.3 is 0 Å². The second kappa shape index (κ2) is 7.76. The summed E-state index contributed by atoms with van der Waals surface area (Å²) in [5.41, 5.74) is 0.706. The van der Waals surface area contributed by atoms with Crippen LogP contribution >= 0.6 is 15.9 Å². The molecule has 0 saturated heterocycles. The lowest BCUT2D eigenvalue weighted by molar-refractivity contribution is 0.568. The fourth-order valence-corrected chi connectivity index (χ4v) is 1.83. The Labute approximate surface area is 105 Å². The molecule has 0 spiro atoms. The molecule has 1 aromatic rings. The summed E-state index contributed by atoms with van der Waals surface area (Å²) in [6.07, 6.45) is 1.06. The molecule has 4 heteroatoms. The molecule has 0 amide bonds. The lowest BCUT2D eigenvalue weighted by Crippen LogP contribution is -2.21. The van der Waals surface area contributed by atoms with Gasteiger partial charge in [0, 0.05) is 12.1 Å². The Kier molecular flexibility index (Phi) is 6.61. The Bertz CT molecular complexity index is 318. The number of halogens is 2. The molecule has 16 heavy (non-hydrogen) atoms. The van der Waals surface area contributed by atoms with Crippen molar-refractivity contribution in [2.45, 2.75) is 19.9 Å². The van der Waals surface area contributed by atoms with Crippen molar-refractivity contribution >= 4 is 15.9 Å². The maximum Gasteiger partial charge on any atom is 0.141 e. The largest absolute Gasteiger partial charge is 0.317 e. The summed E-state index contributed by atoms with van der Waals surface area (Å²) < 4.78 is 14.1. The first kappa shape index (κ1) is 13.6. The van der Waals surface area contributed by atoms with E-state index in [9.17, 15) is 4.39 Å². The molecule has 1 aromatic carbocycles. The minimum Gasteiger partial charge on any atom is -0.317 e. The Hall–Kier alpha value is -0.450. The van der Waals surface area contributed by atoms with E-state index in [1.165, 1.54) is 0 Å². The number of hydrogen-bond acceptors (Lipinski definition) is 2. The van der Waals surface area contributed by atoms with Gasteiger partial charge in [0.1, 0.15) is 5.82 Å². The predicted octanol–water partition coefficient (Wildman–Crippen LogP) is 2.68. The summed E-state index contributed by atoms with van der Waals surface area (Å²) in [6.45, 7) is 5.57. The smallest absolute Gasteiger partial charge is 0.141 e. The van der Waals surface area contributed by atoms with E-state index >= 15 is 0 Å². The van der Waals surface area contributed by atoms with Gasteiger partial charge in [0.05, 0.1) is 4.47 Å². The maximum atomic E-state index is 13.5. The minimum atomic E-state index is -0.165. The molecule has 0 aliphatic carbocycles. The molecule has 2 N–H and O–H groups in total. The molecule has 0 aliphatic heterocycles. The van der Waals surface area contributed by atoms with Crippen molar-refractivity contribution < 1.29 is 4.39 Å². The summed E-state index contributed by atoms with van der Waals surface area (Å²) >= 11 is 3.18. The molecule has 0 unspecified atom stereocenters. The predicted molar refractivity (Wildman–Crippen MR) is 69.0 cm³/mol. The lowest BCUT2D eigenvalue weighted by Gasteiger charge is -2.07. The average molecular weight is 289 g/mol. The number of hydrogen-bond donors (Lipinski definition) is 2. The third-order valence-corrected chi connectivity index (χ3v) is 2.92. The minimum absolute atomic E-state index is 0.165. The van der Waals surface area contributed by atoms with Gasteiger partial charge in [-0.1, -0.05) is 19.1 Å². The number of rotatable bonds is 7. The van der Waals surface area contributed by atoms with Crippen molar-refractivity contribution in [3.63, 3.8) is 0 Å². The molecule has 0 atom stereocenters. The van der Waals surface area contributed by atoms with Gasteiger partial charge in [-0.15, -0.1) is 0 Å². The molecule has 90 valence electrons. The van der Waals surface area contributed by atoms with Crippen molar-refractivity contribution in [2.75, 3.05) is 19.6 Å². The van der Waals surface area contributed by atoms with Crippen LogP contribution in [0.4, 0.5) is 4.39 Å². The summed E-state index contributed by atoms with van der Waals surface area (Å²) in [7, 11) is 0. The Balaban J connectivity index is 2.24. The molecule has 0 bridgehead atoms. The molecule has 1 rings (SSSR count). The molecule has 0 radical (unpaired) electrons. The second-order valence-electron chi connectivity index (χ2n) is 3.60. The van der Waals surface area contributed by atoms with E-state index in [1.54, 1.807) is 12.1 Å². The summed E-state index contributed by atoms with van der Waals surface area (Å²) in [6, 6.07) is 5.37. The van der Waals surface area contributed by atoms with Gasteiger partial charge in [0.15, 0.2) is 0 Å². The maximum absolute atomic E-state index is 13.5. The number of benzene rings is 1. The van der Waals surface area contributed by atoms with Gasteiger partial charge in [-0.25, -0.2) is 4.39 Å². The fraction of sp³-hybridized carbons (Fsp3) is 0.500. The zero-order valence-corrected chi connectivity index (χ0v) is 11.1. The van der Waals surface area contributed by atoms with E-state index < -0.39 is 0 Å². The van der Waals surface area contributed by atoms with E-state index in [0.29, 0.717) is 16.6 Å². The topological polar surface area (TPSA) is 24.1 Å². The molecular formula is C12H18BrFN2. The van der Waals surface area contributed by atoms with Crippen molar-refractivity contribution in [1.82, 2.24) is 10.6 Å². The van der Waals surface area contributed by atoms with Crippen LogP contribution in [0.1, 0.15) is 18.9 Å². The van der Waals surface area contributed by atoms with Crippen LogP contribution in [0.15, 0.2) is 22.7 Å². The highest BCUT2D eigenvalue weighted by Gasteiger charge is 2.04. The van der Waals surface area contributed by atoms with Crippen molar-refractivity contribution in [3.05, 3.63) is 34.1 Å². The quantitative estimate of drug-likeness (QED) is 0.754. The van der Waals surface area contributed by atoms with Crippen LogP contribution < -0.4 is 10.6 Å². The average Bonchev–Trinajstić information content (AvgIpc) is 2.29. The Morgan fingerprint density at radius 1 is 1.25 bits per heavy atom. The van der Waals surface area contributed by atoms with Crippen LogP contribution in [0.25, 0.3) is 0 Å². The first-order valence-corrected chi connectivity index (χ1v) is 6.39. The molecule has 0 heterocycles. The van der Waals surface area contributed by atoms with Crippen LogP contribution in [-0.2, 0) is 6.54 Å². The van der Waals surface area contributed by atoms with Crippen molar-refractivity contribution in [2.24, 2.45) is 0 Å². The first-order valence-electron chi connectivity index (χ1n) is 5.60. The SMILES string of the molecule is CCNCCCNCc1cccc(Br)c1F. The highest BCUT2D eigenvalue weighted by atomic mass is 79.9. The van der Waals surface area contributed by atoms with Crippen LogP contribution in [0.3, 0.4) is 0 Å². The van der Waals surface area contributed by atoms with Gasteiger partial charge in [0.25, 0.3) is 0 Å². The molecule has 0 fully saturated rings. The van der Waals surface area contributed by atoms with E-state index in [-0.39, 0.29) is 5.82 Å². The van der Waals surface area contributed by atoms with E-state index in [4.69, 9.17) is 0 Å². The standard InChI is InChI=1S/C12H18BrFN2/c1-2-15-7-4-8-16-9-10-5-3-6-11(13)12(10)14/h3,5-6,15-16H,2,4,7-9H2,1H3. The third-order valence-electron chi connectivity index (χ3n) is 2.30. The van der Waals surface area contributed by atoms with Crippen LogP contribution in [-0.4, -0.2) is 19.6 Å². The highest BCUT2D eigenvalue weighted by molar-refractivity contribution is 9.10. The molecule has 0 aromatic heterocycles. The Morgan fingerprint density at radius 2 is 2.00 bits per heavy atom. The van der Waals surface area contributed by atoms with Gasteiger partial charge < -0.3 is 10.6 Å². The van der Waals surface area contributed by atoms with Gasteiger partial charge in [-0.3, -0.25) is 0 Å². The third kappa shape index (κ3) is 4.60. The number of nitrogens with one attached hydrogen (secondary N) is 2. The monoisotopic (exact) mass is 288 g/mol. The first-order chi connectivity index (χ1) is 7.75. The summed E-state index contributed by atoms with van der Waals surface area (Å²) in [4.78, 5) is 0. The normalized spacial score (nSPS) is 10.7. The molecule has 2 nitrogen and oxygen atoms in total. The van der Waals surface area contributed by atoms with E-state index in [1.807, 2.05) is 6.07 Å². The Morgan fingerprint density at radius 3 is 2.75 bits per heavy atom. The lowest BCUT2D eigenvalue weighted by atomic mass is 10.2. The van der Waals surface area contributed by atoms with E-state index in [0.717, 1.165) is 26.1 Å². The molecular weight excluding hydrogens is 271 g/mol. The zero-order valence-electron chi connectivity index (χ0n) is 9.52. The van der Waals surface area contributed by atoms with Crippen molar-refractivity contribution in [3.8, 4) is 0 Å².